The highest BCUT2D eigenvalue weighted by molar-refractivity contribution is 4.91. The third-order valence-electron chi connectivity index (χ3n) is 5.27. The molecule has 2 aliphatic carbocycles. The van der Waals surface area contributed by atoms with Crippen molar-refractivity contribution in [3.63, 3.8) is 0 Å². The highest BCUT2D eigenvalue weighted by Crippen LogP contribution is 2.48. The van der Waals surface area contributed by atoms with Gasteiger partial charge in [-0.3, -0.25) is 0 Å². The molecule has 0 aromatic carbocycles. The van der Waals surface area contributed by atoms with E-state index in [0.29, 0.717) is 6.04 Å². The second-order valence-electron chi connectivity index (χ2n) is 7.12. The number of nitrogens with zero attached hydrogens (tertiary/aromatic N) is 1. The topological polar surface area (TPSA) is 15.3 Å². The first-order chi connectivity index (χ1) is 8.56. The van der Waals surface area contributed by atoms with Crippen LogP contribution in [0.1, 0.15) is 52.9 Å². The zero-order chi connectivity index (χ0) is 13.1. The normalized spacial score (nSPS) is 32.7. The van der Waals surface area contributed by atoms with Gasteiger partial charge < -0.3 is 10.2 Å². The van der Waals surface area contributed by atoms with E-state index in [0.717, 1.165) is 30.3 Å². The zero-order valence-electron chi connectivity index (χ0n) is 12.8. The van der Waals surface area contributed by atoms with Crippen LogP contribution in [0.4, 0.5) is 0 Å². The SMILES string of the molecule is CC(C)NCCC(C)N(C)CC1CC2CCC1C2. The smallest absolute Gasteiger partial charge is 0.00760 e. The van der Waals surface area contributed by atoms with E-state index >= 15 is 0 Å². The molecule has 2 bridgehead atoms. The van der Waals surface area contributed by atoms with E-state index in [4.69, 9.17) is 0 Å². The Kier molecular flexibility index (Phi) is 5.08. The van der Waals surface area contributed by atoms with E-state index in [9.17, 15) is 0 Å². The van der Waals surface area contributed by atoms with Crippen molar-refractivity contribution in [2.45, 2.75) is 65.0 Å². The lowest BCUT2D eigenvalue weighted by Gasteiger charge is -2.31. The summed E-state index contributed by atoms with van der Waals surface area (Å²) in [6, 6.07) is 1.34. The van der Waals surface area contributed by atoms with Crippen LogP contribution in [0.3, 0.4) is 0 Å². The van der Waals surface area contributed by atoms with E-state index in [1.807, 2.05) is 0 Å². The number of hydrogen-bond donors (Lipinski definition) is 1. The van der Waals surface area contributed by atoms with E-state index in [1.54, 1.807) is 6.42 Å². The van der Waals surface area contributed by atoms with E-state index in [1.165, 1.54) is 32.2 Å². The van der Waals surface area contributed by atoms with Crippen LogP contribution in [0.5, 0.6) is 0 Å². The Morgan fingerprint density at radius 2 is 1.94 bits per heavy atom. The molecule has 0 aromatic rings. The van der Waals surface area contributed by atoms with Gasteiger partial charge in [0, 0.05) is 18.6 Å². The molecular weight excluding hydrogens is 220 g/mol. The molecule has 2 rings (SSSR count). The second-order valence-corrected chi connectivity index (χ2v) is 7.12. The highest BCUT2D eigenvalue weighted by Gasteiger charge is 2.39. The standard InChI is InChI=1S/C16H32N2/c1-12(2)17-8-7-13(3)18(4)11-16-10-14-5-6-15(16)9-14/h12-17H,5-11H2,1-4H3. The van der Waals surface area contributed by atoms with Crippen molar-refractivity contribution in [3.8, 4) is 0 Å². The molecule has 2 heteroatoms. The average Bonchev–Trinajstić information content (AvgIpc) is 2.90. The fraction of sp³-hybridized carbons (Fsp3) is 1.00. The Hall–Kier alpha value is -0.0800. The van der Waals surface area contributed by atoms with E-state index in [-0.39, 0.29) is 0 Å². The monoisotopic (exact) mass is 252 g/mol. The van der Waals surface area contributed by atoms with Crippen molar-refractivity contribution >= 4 is 0 Å². The number of hydrogen-bond acceptors (Lipinski definition) is 2. The summed E-state index contributed by atoms with van der Waals surface area (Å²) >= 11 is 0. The predicted molar refractivity (Wildman–Crippen MR) is 78.8 cm³/mol. The molecule has 2 aliphatic rings. The maximum atomic E-state index is 3.53. The summed E-state index contributed by atoms with van der Waals surface area (Å²) in [5, 5.41) is 3.53. The van der Waals surface area contributed by atoms with Gasteiger partial charge in [0.15, 0.2) is 0 Å². The van der Waals surface area contributed by atoms with Gasteiger partial charge in [0.25, 0.3) is 0 Å². The van der Waals surface area contributed by atoms with Crippen LogP contribution >= 0.6 is 0 Å². The maximum Gasteiger partial charge on any atom is 0.00760 e. The van der Waals surface area contributed by atoms with E-state index < -0.39 is 0 Å². The molecule has 0 aromatic heterocycles. The fourth-order valence-corrected chi connectivity index (χ4v) is 3.95. The summed E-state index contributed by atoms with van der Waals surface area (Å²) in [6.07, 6.45) is 7.38. The lowest BCUT2D eigenvalue weighted by atomic mass is 9.88. The molecule has 0 saturated heterocycles. The summed E-state index contributed by atoms with van der Waals surface area (Å²) in [4.78, 5) is 2.60. The summed E-state index contributed by atoms with van der Waals surface area (Å²) in [7, 11) is 2.33. The first-order valence-corrected chi connectivity index (χ1v) is 8.00. The maximum absolute atomic E-state index is 3.53. The molecule has 0 heterocycles. The van der Waals surface area contributed by atoms with Crippen molar-refractivity contribution in [3.05, 3.63) is 0 Å². The molecule has 0 amide bonds. The molecule has 4 unspecified atom stereocenters. The lowest BCUT2D eigenvalue weighted by molar-refractivity contribution is 0.174. The Labute approximate surface area is 114 Å². The van der Waals surface area contributed by atoms with E-state index in [2.05, 4.69) is 38.0 Å². The third kappa shape index (κ3) is 3.71. The van der Waals surface area contributed by atoms with Gasteiger partial charge in [-0.15, -0.1) is 0 Å². The molecule has 0 aliphatic heterocycles. The predicted octanol–water partition coefficient (Wildman–Crippen LogP) is 3.13. The molecule has 18 heavy (non-hydrogen) atoms. The summed E-state index contributed by atoms with van der Waals surface area (Å²) in [5.74, 6) is 3.17. The third-order valence-corrected chi connectivity index (χ3v) is 5.27. The van der Waals surface area contributed by atoms with Crippen LogP contribution in [0.2, 0.25) is 0 Å². The molecule has 2 nitrogen and oxygen atoms in total. The van der Waals surface area contributed by atoms with Crippen molar-refractivity contribution in [2.75, 3.05) is 20.1 Å². The van der Waals surface area contributed by atoms with Gasteiger partial charge in [-0.2, -0.15) is 0 Å². The summed E-state index contributed by atoms with van der Waals surface area (Å²) in [5.41, 5.74) is 0. The van der Waals surface area contributed by atoms with Gasteiger partial charge in [-0.05, 0) is 64.0 Å². The van der Waals surface area contributed by atoms with Crippen molar-refractivity contribution in [1.82, 2.24) is 10.2 Å². The van der Waals surface area contributed by atoms with Gasteiger partial charge in [-0.1, -0.05) is 20.3 Å². The molecule has 106 valence electrons. The van der Waals surface area contributed by atoms with Crippen LogP contribution in [-0.2, 0) is 0 Å². The molecule has 2 fully saturated rings. The number of nitrogens with one attached hydrogen (secondary N) is 1. The zero-order valence-corrected chi connectivity index (χ0v) is 12.8. The van der Waals surface area contributed by atoms with Crippen LogP contribution in [0.15, 0.2) is 0 Å². The molecule has 0 radical (unpaired) electrons. The molecule has 2 saturated carbocycles. The molecule has 4 atom stereocenters. The molecule has 0 spiro atoms. The van der Waals surface area contributed by atoms with Crippen molar-refractivity contribution in [1.29, 1.82) is 0 Å². The Balaban J connectivity index is 1.66. The van der Waals surface area contributed by atoms with Gasteiger partial charge in [0.1, 0.15) is 0 Å². The Morgan fingerprint density at radius 3 is 2.50 bits per heavy atom. The van der Waals surface area contributed by atoms with Crippen LogP contribution in [0.25, 0.3) is 0 Å². The number of fused-ring (bicyclic) bond motifs is 2. The van der Waals surface area contributed by atoms with Gasteiger partial charge in [-0.25, -0.2) is 0 Å². The quantitative estimate of drug-likeness (QED) is 0.749. The minimum Gasteiger partial charge on any atom is -0.314 e. The minimum absolute atomic E-state index is 0.619. The fourth-order valence-electron chi connectivity index (χ4n) is 3.95. The molecule has 1 N–H and O–H groups in total. The first kappa shape index (κ1) is 14.3. The van der Waals surface area contributed by atoms with Gasteiger partial charge in [0.05, 0.1) is 0 Å². The first-order valence-electron chi connectivity index (χ1n) is 8.00. The highest BCUT2D eigenvalue weighted by atomic mass is 15.1. The molecular formula is C16H32N2. The average molecular weight is 252 g/mol. The van der Waals surface area contributed by atoms with Crippen LogP contribution in [0, 0.1) is 17.8 Å². The van der Waals surface area contributed by atoms with Crippen LogP contribution in [-0.4, -0.2) is 37.1 Å². The Bertz CT molecular complexity index is 251. The minimum atomic E-state index is 0.619. The van der Waals surface area contributed by atoms with Crippen LogP contribution < -0.4 is 5.32 Å². The Morgan fingerprint density at radius 1 is 1.17 bits per heavy atom. The van der Waals surface area contributed by atoms with Crippen molar-refractivity contribution in [2.24, 2.45) is 17.8 Å². The van der Waals surface area contributed by atoms with Gasteiger partial charge in [0.2, 0.25) is 0 Å². The van der Waals surface area contributed by atoms with Gasteiger partial charge >= 0.3 is 0 Å². The lowest BCUT2D eigenvalue weighted by Crippen LogP contribution is -2.37. The second kappa shape index (κ2) is 6.38. The van der Waals surface area contributed by atoms with Crippen molar-refractivity contribution < 1.29 is 0 Å². The largest absolute Gasteiger partial charge is 0.314 e. The number of rotatable bonds is 7. The summed E-state index contributed by atoms with van der Waals surface area (Å²) in [6.45, 7) is 9.33. The summed E-state index contributed by atoms with van der Waals surface area (Å²) < 4.78 is 0.